The van der Waals surface area contributed by atoms with Gasteiger partial charge in [0.2, 0.25) is 5.69 Å². The number of anilines is 1. The monoisotopic (exact) mass is 667 g/mol. The molecule has 3 heterocycles. The molecular weight excluding hydrogens is 621 g/mol. The molecule has 0 spiro atoms. The highest BCUT2D eigenvalue weighted by Gasteiger charge is 2.42. The van der Waals surface area contributed by atoms with Gasteiger partial charge < -0.3 is 4.90 Å². The Morgan fingerprint density at radius 1 is 0.891 bits per heavy atom. The van der Waals surface area contributed by atoms with Crippen LogP contribution < -0.4 is 4.90 Å². The summed E-state index contributed by atoms with van der Waals surface area (Å²) in [7, 11) is 4.41. The van der Waals surface area contributed by atoms with Gasteiger partial charge in [-0.3, -0.25) is 0 Å². The first kappa shape index (κ1) is 33.0. The lowest BCUT2D eigenvalue weighted by molar-refractivity contribution is -0.401. The number of nitrogens with zero attached hydrogens (tertiary/aromatic N) is 4. The Bertz CT molecular complexity index is 1770. The van der Waals surface area contributed by atoms with Gasteiger partial charge in [0, 0.05) is 52.2 Å². The summed E-state index contributed by atoms with van der Waals surface area (Å²) < 4.78 is 4.48. The Hall–Kier alpha value is -2.87. The number of hydrogen-bond donors (Lipinski definition) is 0. The molecule has 2 aliphatic heterocycles. The van der Waals surface area contributed by atoms with Crippen molar-refractivity contribution in [2.75, 3.05) is 24.7 Å². The molecule has 2 aromatic carbocycles. The zero-order valence-corrected chi connectivity index (χ0v) is 30.8. The number of fused-ring (bicyclic) bond motifs is 2. The van der Waals surface area contributed by atoms with Crippen molar-refractivity contribution in [2.24, 2.45) is 0 Å². The van der Waals surface area contributed by atoms with E-state index in [1.165, 1.54) is 69.2 Å². The number of para-hydroxylation sites is 2. The van der Waals surface area contributed by atoms with Gasteiger partial charge in [-0.2, -0.15) is 4.58 Å². The number of hydrogen-bond acceptors (Lipinski definition) is 6. The van der Waals surface area contributed by atoms with Crippen molar-refractivity contribution < 1.29 is 4.58 Å². The average molecular weight is 668 g/mol. The number of aromatic nitrogens is 2. The Labute approximate surface area is 288 Å². The van der Waals surface area contributed by atoms with Gasteiger partial charge in [-0.15, -0.1) is 10.2 Å². The minimum Gasteiger partial charge on any atom is -0.347 e. The van der Waals surface area contributed by atoms with Gasteiger partial charge in [-0.1, -0.05) is 117 Å². The molecular formula is C39H47N4S3+. The lowest BCUT2D eigenvalue weighted by Crippen LogP contribution is -2.26. The zero-order valence-electron chi connectivity index (χ0n) is 28.4. The maximum absolute atomic E-state index is 4.67. The fraction of sp³-hybridized carbons (Fsp3) is 0.410. The molecule has 0 amide bonds. The van der Waals surface area contributed by atoms with E-state index in [-0.39, 0.29) is 10.8 Å². The molecule has 3 aromatic rings. The Morgan fingerprint density at radius 3 is 2.39 bits per heavy atom. The van der Waals surface area contributed by atoms with E-state index in [0.29, 0.717) is 0 Å². The van der Waals surface area contributed by atoms with Crippen LogP contribution >= 0.6 is 34.9 Å². The van der Waals surface area contributed by atoms with E-state index in [1.807, 2.05) is 23.5 Å². The van der Waals surface area contributed by atoms with Gasteiger partial charge in [0.25, 0.3) is 0 Å². The van der Waals surface area contributed by atoms with Crippen LogP contribution in [0.4, 0.5) is 11.4 Å². The number of benzene rings is 2. The average Bonchev–Trinajstić information content (AvgIpc) is 3.64. The van der Waals surface area contributed by atoms with E-state index in [1.54, 1.807) is 11.3 Å². The molecule has 7 heteroatoms. The lowest BCUT2D eigenvalue weighted by Gasteiger charge is -2.25. The first-order valence-corrected chi connectivity index (χ1v) is 19.3. The minimum absolute atomic E-state index is 0.0514. The normalized spacial score (nSPS) is 20.5. The molecule has 1 aliphatic carbocycles. The summed E-state index contributed by atoms with van der Waals surface area (Å²) in [6.45, 7) is 11.6. The van der Waals surface area contributed by atoms with E-state index in [2.05, 4.69) is 141 Å². The first-order valence-electron chi connectivity index (χ1n) is 16.6. The van der Waals surface area contributed by atoms with Gasteiger partial charge in [-0.25, -0.2) is 0 Å². The van der Waals surface area contributed by atoms with E-state index in [9.17, 15) is 0 Å². The second kappa shape index (κ2) is 13.7. The van der Waals surface area contributed by atoms with Crippen molar-refractivity contribution in [1.29, 1.82) is 0 Å². The summed E-state index contributed by atoms with van der Waals surface area (Å²) in [4.78, 5) is 3.71. The quantitative estimate of drug-likeness (QED) is 0.122. The molecule has 4 nitrogen and oxygen atoms in total. The van der Waals surface area contributed by atoms with Gasteiger partial charge >= 0.3 is 0 Å². The smallest absolute Gasteiger partial charge is 0.209 e. The second-order valence-electron chi connectivity index (χ2n) is 13.6. The summed E-state index contributed by atoms with van der Waals surface area (Å²) in [6, 6.07) is 17.6. The van der Waals surface area contributed by atoms with Crippen LogP contribution in [0.25, 0.3) is 0 Å². The van der Waals surface area contributed by atoms with E-state index < -0.39 is 0 Å². The number of rotatable bonds is 10. The fourth-order valence-electron chi connectivity index (χ4n) is 7.21. The van der Waals surface area contributed by atoms with Crippen LogP contribution in [0.1, 0.15) is 84.3 Å². The van der Waals surface area contributed by atoms with Gasteiger partial charge in [0.15, 0.2) is 14.4 Å². The topological polar surface area (TPSA) is 32.0 Å². The summed E-state index contributed by atoms with van der Waals surface area (Å²) in [5, 5.41) is 9.24. The standard InChI is InChI=1S/C39H47N4S3/c1-8-9-14-26-44-36-40-41-37(46-36)45-35-27(22-24-33-38(2,3)29-18-10-12-20-31(29)42(33)6)16-15-17-28(35)23-25-34-39(4,5)30-19-11-13-21-32(30)43(34)7/h10-13,18-25H,8-9,14-17,26H2,1-7H3/q+1. The van der Waals surface area contributed by atoms with Crippen LogP contribution in [-0.2, 0) is 10.8 Å². The SMILES string of the molecule is CCCCCSc1nnc(SC2=C(/C=C/C3=[N+](C)c4ccccc4C3(C)C)CCC/C2=C\C=C2\N(C)c3ccccc3C2(C)C)s1. The van der Waals surface area contributed by atoms with Crippen LogP contribution in [0.5, 0.6) is 0 Å². The maximum atomic E-state index is 4.67. The first-order chi connectivity index (χ1) is 22.1. The van der Waals surface area contributed by atoms with Crippen molar-refractivity contribution in [1.82, 2.24) is 10.2 Å². The van der Waals surface area contributed by atoms with Crippen LogP contribution in [0.2, 0.25) is 0 Å². The largest absolute Gasteiger partial charge is 0.347 e. The second-order valence-corrected chi connectivity index (χ2v) is 17.1. The molecule has 0 atom stereocenters. The van der Waals surface area contributed by atoms with Crippen molar-refractivity contribution in [3.8, 4) is 0 Å². The molecule has 0 saturated heterocycles. The van der Waals surface area contributed by atoms with Crippen molar-refractivity contribution >= 4 is 51.9 Å². The Balaban J connectivity index is 1.36. The molecule has 0 radical (unpaired) electrons. The molecule has 0 N–H and O–H groups in total. The molecule has 46 heavy (non-hydrogen) atoms. The molecule has 1 aromatic heterocycles. The van der Waals surface area contributed by atoms with Gasteiger partial charge in [0.05, 0.1) is 5.41 Å². The highest BCUT2D eigenvalue weighted by molar-refractivity contribution is 8.05. The fourth-order valence-corrected chi connectivity index (χ4v) is 10.5. The Kier molecular flexibility index (Phi) is 9.84. The molecule has 6 rings (SSSR count). The minimum atomic E-state index is -0.0514. The third-order valence-corrected chi connectivity index (χ3v) is 13.2. The van der Waals surface area contributed by atoms with Gasteiger partial charge in [-0.05, 0) is 68.4 Å². The number of unbranched alkanes of at least 4 members (excludes halogenated alkanes) is 2. The number of likely N-dealkylation sites (N-methyl/N-ethyl adjacent to an activating group) is 1. The molecule has 3 aliphatic rings. The van der Waals surface area contributed by atoms with E-state index in [4.69, 9.17) is 0 Å². The zero-order chi connectivity index (χ0) is 32.5. The van der Waals surface area contributed by atoms with E-state index in [0.717, 1.165) is 33.7 Å². The van der Waals surface area contributed by atoms with Gasteiger partial charge in [0.1, 0.15) is 7.05 Å². The summed E-state index contributed by atoms with van der Waals surface area (Å²) >= 11 is 5.40. The van der Waals surface area contributed by atoms with E-state index >= 15 is 0 Å². The molecule has 0 unspecified atom stereocenters. The molecule has 0 saturated carbocycles. The summed E-state index contributed by atoms with van der Waals surface area (Å²) in [5.74, 6) is 1.11. The third kappa shape index (κ3) is 6.35. The lowest BCUT2D eigenvalue weighted by atomic mass is 9.81. The number of thioether (sulfide) groups is 2. The van der Waals surface area contributed by atoms with Crippen molar-refractivity contribution in [3.05, 3.63) is 106 Å². The highest BCUT2D eigenvalue weighted by atomic mass is 32.2. The van der Waals surface area contributed by atoms with Crippen LogP contribution in [0.15, 0.2) is 103 Å². The summed E-state index contributed by atoms with van der Waals surface area (Å²) in [5.41, 5.74) is 10.7. The summed E-state index contributed by atoms with van der Waals surface area (Å²) in [6.07, 6.45) is 16.5. The van der Waals surface area contributed by atoms with Crippen LogP contribution in [0, 0.1) is 0 Å². The number of allylic oxidation sites excluding steroid dienone is 7. The van der Waals surface area contributed by atoms with Crippen LogP contribution in [0.3, 0.4) is 0 Å². The third-order valence-electron chi connectivity index (χ3n) is 9.79. The maximum Gasteiger partial charge on any atom is 0.209 e. The van der Waals surface area contributed by atoms with Crippen LogP contribution in [-0.4, -0.2) is 40.3 Å². The molecule has 240 valence electrons. The predicted molar refractivity (Wildman–Crippen MR) is 200 cm³/mol. The highest BCUT2D eigenvalue weighted by Crippen LogP contribution is 2.48. The Morgan fingerprint density at radius 2 is 1.63 bits per heavy atom. The molecule has 0 fully saturated rings. The van der Waals surface area contributed by atoms with Crippen molar-refractivity contribution in [2.45, 2.75) is 92.7 Å². The molecule has 0 bridgehead atoms. The van der Waals surface area contributed by atoms with Crippen molar-refractivity contribution in [3.63, 3.8) is 0 Å². The predicted octanol–water partition coefficient (Wildman–Crippen LogP) is 10.9.